The lowest BCUT2D eigenvalue weighted by Gasteiger charge is -2.10. The molecule has 1 aliphatic carbocycles. The lowest BCUT2D eigenvalue weighted by atomic mass is 10.0. The van der Waals surface area contributed by atoms with Crippen LogP contribution in [-0.2, 0) is 29.5 Å². The van der Waals surface area contributed by atoms with Crippen LogP contribution < -0.4 is 10.6 Å². The zero-order valence-corrected chi connectivity index (χ0v) is 22.3. The molecule has 0 aliphatic heterocycles. The molecular weight excluding hydrogens is 525 g/mol. The van der Waals surface area contributed by atoms with Gasteiger partial charge in [0.2, 0.25) is 11.8 Å². The molecule has 0 unspecified atom stereocenters. The minimum absolute atomic E-state index is 0.0590. The summed E-state index contributed by atoms with van der Waals surface area (Å²) in [4.78, 5) is 29.8. The van der Waals surface area contributed by atoms with Crippen molar-refractivity contribution in [3.05, 3.63) is 66.0 Å². The number of carbonyl (C=O) groups is 2. The number of amides is 2. The molecule has 3 aromatic carbocycles. The number of rotatable bonds is 8. The Bertz CT molecular complexity index is 1650. The highest BCUT2D eigenvalue weighted by molar-refractivity contribution is 8.01. The van der Waals surface area contributed by atoms with Crippen molar-refractivity contribution < 1.29 is 9.59 Å². The van der Waals surface area contributed by atoms with Crippen LogP contribution in [0.25, 0.3) is 21.0 Å². The number of carbonyl (C=O) groups excluding carboxylic acids is 2. The summed E-state index contributed by atoms with van der Waals surface area (Å²) < 4.78 is 3.54. The van der Waals surface area contributed by atoms with E-state index in [0.717, 1.165) is 38.5 Å². The van der Waals surface area contributed by atoms with Crippen molar-refractivity contribution in [1.29, 1.82) is 0 Å². The highest BCUT2D eigenvalue weighted by Gasteiger charge is 2.17. The number of anilines is 2. The summed E-state index contributed by atoms with van der Waals surface area (Å²) in [6.07, 6.45) is 3.72. The molecule has 0 fully saturated rings. The smallest absolute Gasteiger partial charge is 0.234 e. The zero-order chi connectivity index (χ0) is 25.4. The second-order valence-electron chi connectivity index (χ2n) is 8.67. The maximum atomic E-state index is 12.8. The molecule has 0 saturated heterocycles. The van der Waals surface area contributed by atoms with Gasteiger partial charge in [-0.1, -0.05) is 47.8 Å². The number of aromatic nitrogens is 4. The SMILES string of the molecule is Cn1cnnc1SCC(=O)Nc1ccc2nc(SCC(=O)Nc3ccc4c5c(cccc35)CC4)sc2c1. The fourth-order valence-corrected chi connectivity index (χ4v) is 7.04. The van der Waals surface area contributed by atoms with E-state index in [9.17, 15) is 9.59 Å². The van der Waals surface area contributed by atoms with Gasteiger partial charge in [0.05, 0.1) is 21.7 Å². The fraction of sp³-hybridized carbons (Fsp3) is 0.192. The van der Waals surface area contributed by atoms with Crippen molar-refractivity contribution in [3.63, 3.8) is 0 Å². The van der Waals surface area contributed by atoms with Crippen molar-refractivity contribution in [2.75, 3.05) is 22.1 Å². The van der Waals surface area contributed by atoms with Gasteiger partial charge in [-0.3, -0.25) is 9.59 Å². The minimum atomic E-state index is -0.119. The first kappa shape index (κ1) is 24.0. The van der Waals surface area contributed by atoms with E-state index in [4.69, 9.17) is 0 Å². The van der Waals surface area contributed by atoms with Crippen molar-refractivity contribution in [3.8, 4) is 0 Å². The summed E-state index contributed by atoms with van der Waals surface area (Å²) in [6.45, 7) is 0. The van der Waals surface area contributed by atoms with Crippen LogP contribution in [0.1, 0.15) is 11.1 Å². The van der Waals surface area contributed by atoms with Gasteiger partial charge in [0.1, 0.15) is 6.33 Å². The number of thiazole rings is 1. The van der Waals surface area contributed by atoms with E-state index in [1.54, 1.807) is 10.9 Å². The second-order valence-corrected chi connectivity index (χ2v) is 11.9. The maximum absolute atomic E-state index is 12.8. The summed E-state index contributed by atoms with van der Waals surface area (Å²) in [5, 5.41) is 16.9. The quantitative estimate of drug-likeness (QED) is 0.260. The normalized spacial score (nSPS) is 12.4. The van der Waals surface area contributed by atoms with Gasteiger partial charge in [0.15, 0.2) is 9.50 Å². The summed E-state index contributed by atoms with van der Waals surface area (Å²) in [5.41, 5.74) is 5.11. The molecule has 2 N–H and O–H groups in total. The van der Waals surface area contributed by atoms with E-state index >= 15 is 0 Å². The summed E-state index contributed by atoms with van der Waals surface area (Å²) in [5.74, 6) is 0.330. The fourth-order valence-electron chi connectivity index (χ4n) is 4.44. The average Bonchev–Trinajstić information content (AvgIpc) is 3.62. The molecule has 186 valence electrons. The standard InChI is InChI=1S/C26H22N6O2S3/c1-32-14-27-31-25(32)35-12-22(33)28-17-8-10-20-21(11-17)37-26(30-20)36-13-23(34)29-19-9-7-16-6-5-15-3-2-4-18(19)24(15)16/h2-4,7-11,14H,5-6,12-13H2,1H3,(H,28,33)(H,29,34). The number of aryl methyl sites for hydroxylation is 3. The van der Waals surface area contributed by atoms with Crippen molar-refractivity contribution >= 4 is 79.0 Å². The van der Waals surface area contributed by atoms with Crippen molar-refractivity contribution in [1.82, 2.24) is 19.7 Å². The first-order valence-corrected chi connectivity index (χ1v) is 14.5. The maximum Gasteiger partial charge on any atom is 0.234 e. The molecule has 37 heavy (non-hydrogen) atoms. The molecular formula is C26H22N6O2S3. The van der Waals surface area contributed by atoms with E-state index < -0.39 is 0 Å². The zero-order valence-electron chi connectivity index (χ0n) is 19.9. The largest absolute Gasteiger partial charge is 0.325 e. The summed E-state index contributed by atoms with van der Waals surface area (Å²) in [7, 11) is 1.84. The highest BCUT2D eigenvalue weighted by atomic mass is 32.2. The van der Waals surface area contributed by atoms with Crippen LogP contribution >= 0.6 is 34.9 Å². The lowest BCUT2D eigenvalue weighted by Crippen LogP contribution is -2.14. The third-order valence-electron chi connectivity index (χ3n) is 6.13. The molecule has 11 heteroatoms. The van der Waals surface area contributed by atoms with E-state index in [2.05, 4.69) is 50.1 Å². The first-order chi connectivity index (χ1) is 18.0. The number of nitrogens with zero attached hydrogens (tertiary/aromatic N) is 4. The molecule has 0 atom stereocenters. The van der Waals surface area contributed by atoms with Crippen LogP contribution in [0.4, 0.5) is 11.4 Å². The summed E-state index contributed by atoms with van der Waals surface area (Å²) in [6, 6.07) is 16.1. The van der Waals surface area contributed by atoms with Gasteiger partial charge in [0.25, 0.3) is 0 Å². The summed E-state index contributed by atoms with van der Waals surface area (Å²) >= 11 is 4.25. The number of thioether (sulfide) groups is 2. The predicted molar refractivity (Wildman–Crippen MR) is 151 cm³/mol. The molecule has 0 saturated carbocycles. The second kappa shape index (κ2) is 10.2. The van der Waals surface area contributed by atoms with Gasteiger partial charge < -0.3 is 15.2 Å². The van der Waals surface area contributed by atoms with Gasteiger partial charge in [-0.2, -0.15) is 0 Å². The molecule has 2 amide bonds. The van der Waals surface area contributed by atoms with Gasteiger partial charge >= 0.3 is 0 Å². The molecule has 1 aliphatic rings. The highest BCUT2D eigenvalue weighted by Crippen LogP contribution is 2.35. The molecule has 8 nitrogen and oxygen atoms in total. The van der Waals surface area contributed by atoms with Gasteiger partial charge in [-0.05, 0) is 53.6 Å². The van der Waals surface area contributed by atoms with Crippen LogP contribution in [-0.4, -0.2) is 43.1 Å². The Morgan fingerprint density at radius 1 is 1.00 bits per heavy atom. The Kier molecular flexibility index (Phi) is 6.58. The molecule has 0 spiro atoms. The number of hydrogen-bond donors (Lipinski definition) is 2. The topological polar surface area (TPSA) is 102 Å². The Balaban J connectivity index is 1.07. The third-order valence-corrected chi connectivity index (χ3v) is 9.33. The number of benzene rings is 3. The van der Waals surface area contributed by atoms with Crippen LogP contribution in [0, 0.1) is 0 Å². The Morgan fingerprint density at radius 2 is 1.81 bits per heavy atom. The molecule has 2 aromatic heterocycles. The van der Waals surface area contributed by atoms with Crippen molar-refractivity contribution in [2.45, 2.75) is 22.3 Å². The van der Waals surface area contributed by atoms with E-state index in [-0.39, 0.29) is 23.3 Å². The molecule has 0 bridgehead atoms. The molecule has 5 aromatic rings. The van der Waals surface area contributed by atoms with E-state index in [1.807, 2.05) is 31.3 Å². The number of hydrogen-bond acceptors (Lipinski definition) is 8. The van der Waals surface area contributed by atoms with E-state index in [1.165, 1.54) is 51.4 Å². The van der Waals surface area contributed by atoms with Gasteiger partial charge in [-0.25, -0.2) is 4.98 Å². The van der Waals surface area contributed by atoms with E-state index in [0.29, 0.717) is 10.8 Å². The lowest BCUT2D eigenvalue weighted by molar-refractivity contribution is -0.114. The predicted octanol–water partition coefficient (Wildman–Crippen LogP) is 5.14. The average molecular weight is 547 g/mol. The number of fused-ring (bicyclic) bond motifs is 1. The van der Waals surface area contributed by atoms with Gasteiger partial charge in [-0.15, -0.1) is 21.5 Å². The molecule has 2 heterocycles. The van der Waals surface area contributed by atoms with Crippen LogP contribution in [0.2, 0.25) is 0 Å². The van der Waals surface area contributed by atoms with Crippen molar-refractivity contribution in [2.24, 2.45) is 7.05 Å². The van der Waals surface area contributed by atoms with Crippen LogP contribution in [0.3, 0.4) is 0 Å². The third kappa shape index (κ3) is 5.07. The Labute approximate surface area is 225 Å². The van der Waals surface area contributed by atoms with Gasteiger partial charge in [0, 0.05) is 23.8 Å². The minimum Gasteiger partial charge on any atom is -0.325 e. The Hall–Kier alpha value is -3.41. The Morgan fingerprint density at radius 3 is 2.65 bits per heavy atom. The monoisotopic (exact) mass is 546 g/mol. The van der Waals surface area contributed by atoms with Crippen LogP contribution in [0.5, 0.6) is 0 Å². The first-order valence-electron chi connectivity index (χ1n) is 11.7. The molecule has 6 rings (SSSR count). The molecule has 0 radical (unpaired) electrons. The number of nitrogens with one attached hydrogen (secondary N) is 2. The van der Waals surface area contributed by atoms with Crippen LogP contribution in [0.15, 0.2) is 64.4 Å².